The fourth-order valence-corrected chi connectivity index (χ4v) is 3.83. The molecule has 0 aromatic heterocycles. The van der Waals surface area contributed by atoms with Gasteiger partial charge in [-0.1, -0.05) is 6.07 Å². The maximum Gasteiger partial charge on any atom is 0.191 e. The minimum absolute atomic E-state index is 0. The summed E-state index contributed by atoms with van der Waals surface area (Å²) in [7, 11) is 1.72. The summed E-state index contributed by atoms with van der Waals surface area (Å²) in [5.41, 5.74) is 1.14. The lowest BCUT2D eigenvalue weighted by Crippen LogP contribution is -2.41. The number of hydrogen-bond acceptors (Lipinski definition) is 4. The van der Waals surface area contributed by atoms with Gasteiger partial charge in [-0.15, -0.1) is 24.0 Å². The van der Waals surface area contributed by atoms with Gasteiger partial charge in [0.2, 0.25) is 0 Å². The van der Waals surface area contributed by atoms with Gasteiger partial charge in [0.25, 0.3) is 0 Å². The Kier molecular flexibility index (Phi) is 9.14. The molecule has 1 aromatic rings. The lowest BCUT2D eigenvalue weighted by atomic mass is 10.0. The lowest BCUT2D eigenvalue weighted by molar-refractivity contribution is 0.0283. The van der Waals surface area contributed by atoms with Crippen molar-refractivity contribution in [2.75, 3.05) is 51.3 Å². The Morgan fingerprint density at radius 3 is 2.96 bits per heavy atom. The third-order valence-corrected chi connectivity index (χ3v) is 5.48. The van der Waals surface area contributed by atoms with E-state index in [1.165, 1.54) is 12.1 Å². The number of halogens is 1. The van der Waals surface area contributed by atoms with Crippen molar-refractivity contribution in [2.24, 2.45) is 10.9 Å². The number of rotatable bonds is 7. The molecule has 0 saturated carbocycles. The Bertz CT molecular complexity index is 635. The number of aliphatic imine (C=N–C) groups is 1. The van der Waals surface area contributed by atoms with Gasteiger partial charge in [-0.3, -0.25) is 4.99 Å². The van der Waals surface area contributed by atoms with Gasteiger partial charge in [-0.05, 0) is 51.2 Å². The topological polar surface area (TPSA) is 58.1 Å². The van der Waals surface area contributed by atoms with E-state index < -0.39 is 0 Å². The molecular formula is C21H35IN4O2. The molecule has 0 spiro atoms. The highest BCUT2D eigenvalue weighted by Gasteiger charge is 2.29. The molecule has 2 fully saturated rings. The third kappa shape index (κ3) is 6.40. The molecule has 2 heterocycles. The molecule has 2 aliphatic heterocycles. The van der Waals surface area contributed by atoms with Crippen molar-refractivity contribution in [3.63, 3.8) is 0 Å². The summed E-state index contributed by atoms with van der Waals surface area (Å²) in [5.74, 6) is 2.42. The zero-order chi connectivity index (χ0) is 19.1. The molecule has 0 bridgehead atoms. The van der Waals surface area contributed by atoms with E-state index in [1.807, 2.05) is 6.07 Å². The molecule has 7 heteroatoms. The van der Waals surface area contributed by atoms with Crippen LogP contribution in [0.4, 0.5) is 5.69 Å². The predicted octanol–water partition coefficient (Wildman–Crippen LogP) is 3.26. The minimum atomic E-state index is -0.0983. The molecule has 28 heavy (non-hydrogen) atoms. The monoisotopic (exact) mass is 502 g/mol. The zero-order valence-corrected chi connectivity index (χ0v) is 19.7. The second-order valence-electron chi connectivity index (χ2n) is 7.78. The first kappa shape index (κ1) is 23.1. The third-order valence-electron chi connectivity index (χ3n) is 5.48. The van der Waals surface area contributed by atoms with E-state index >= 15 is 0 Å². The van der Waals surface area contributed by atoms with E-state index in [1.54, 1.807) is 7.11 Å². The fourth-order valence-electron chi connectivity index (χ4n) is 3.83. The standard InChI is InChI=1S/C21H34N4O2.HI/c1-4-22-20(24-16-21(2)10-6-12-27-21)23-14-17-9-11-25(15-17)18-7-5-8-19(13-18)26-3;/h5,7-8,13,17H,4,6,9-12,14-16H2,1-3H3,(H2,22,23,24);1H. The number of nitrogens with zero attached hydrogens (tertiary/aromatic N) is 2. The van der Waals surface area contributed by atoms with Gasteiger partial charge in [0.15, 0.2) is 5.96 Å². The second-order valence-corrected chi connectivity index (χ2v) is 7.78. The Balaban J connectivity index is 0.00000280. The Hall–Kier alpha value is -1.22. The maximum absolute atomic E-state index is 5.85. The van der Waals surface area contributed by atoms with Crippen molar-refractivity contribution in [2.45, 2.75) is 38.7 Å². The Labute approximate surface area is 186 Å². The first-order valence-electron chi connectivity index (χ1n) is 10.2. The van der Waals surface area contributed by atoms with Crippen LogP contribution in [-0.2, 0) is 4.74 Å². The summed E-state index contributed by atoms with van der Waals surface area (Å²) in [6.07, 6.45) is 3.41. The number of ether oxygens (including phenoxy) is 2. The van der Waals surface area contributed by atoms with Gasteiger partial charge < -0.3 is 25.0 Å². The van der Waals surface area contributed by atoms with Gasteiger partial charge in [0.05, 0.1) is 19.3 Å². The summed E-state index contributed by atoms with van der Waals surface area (Å²) in [6.45, 7) is 9.77. The van der Waals surface area contributed by atoms with Crippen LogP contribution in [0.5, 0.6) is 5.75 Å². The summed E-state index contributed by atoms with van der Waals surface area (Å²) in [4.78, 5) is 7.20. The van der Waals surface area contributed by atoms with E-state index in [-0.39, 0.29) is 29.6 Å². The molecular weight excluding hydrogens is 467 g/mol. The van der Waals surface area contributed by atoms with Crippen molar-refractivity contribution in [1.29, 1.82) is 0 Å². The number of hydrogen-bond donors (Lipinski definition) is 2. The molecule has 2 unspecified atom stereocenters. The van der Waals surface area contributed by atoms with Gasteiger partial charge in [0, 0.05) is 44.5 Å². The fraction of sp³-hybridized carbons (Fsp3) is 0.667. The van der Waals surface area contributed by atoms with Crippen molar-refractivity contribution in [3.05, 3.63) is 24.3 Å². The van der Waals surface area contributed by atoms with Crippen molar-refractivity contribution in [3.8, 4) is 5.75 Å². The number of anilines is 1. The summed E-state index contributed by atoms with van der Waals surface area (Å²) >= 11 is 0. The molecule has 3 rings (SSSR count). The van der Waals surface area contributed by atoms with Gasteiger partial charge in [-0.2, -0.15) is 0 Å². The molecule has 2 aliphatic rings. The van der Waals surface area contributed by atoms with E-state index in [2.05, 4.69) is 47.6 Å². The van der Waals surface area contributed by atoms with Crippen LogP contribution in [0.3, 0.4) is 0 Å². The average Bonchev–Trinajstić information content (AvgIpc) is 3.34. The molecule has 0 aliphatic carbocycles. The number of guanidine groups is 1. The molecule has 6 nitrogen and oxygen atoms in total. The second kappa shape index (κ2) is 11.1. The SMILES string of the molecule is CCNC(=NCC1(C)CCCO1)NCC1CCN(c2cccc(OC)c2)C1.I. The van der Waals surface area contributed by atoms with Crippen LogP contribution in [0.15, 0.2) is 29.3 Å². The van der Waals surface area contributed by atoms with E-state index in [4.69, 9.17) is 14.5 Å². The molecule has 1 aromatic carbocycles. The first-order valence-corrected chi connectivity index (χ1v) is 10.2. The molecule has 0 amide bonds. The molecule has 0 radical (unpaired) electrons. The lowest BCUT2D eigenvalue weighted by Gasteiger charge is -2.22. The smallest absolute Gasteiger partial charge is 0.191 e. The van der Waals surface area contributed by atoms with E-state index in [9.17, 15) is 0 Å². The van der Waals surface area contributed by atoms with Gasteiger partial charge in [0.1, 0.15) is 5.75 Å². The summed E-state index contributed by atoms with van der Waals surface area (Å²) < 4.78 is 11.2. The van der Waals surface area contributed by atoms with Crippen LogP contribution in [0, 0.1) is 5.92 Å². The largest absolute Gasteiger partial charge is 0.497 e. The first-order chi connectivity index (χ1) is 13.1. The highest BCUT2D eigenvalue weighted by Crippen LogP contribution is 2.27. The number of nitrogens with one attached hydrogen (secondary N) is 2. The summed E-state index contributed by atoms with van der Waals surface area (Å²) in [5, 5.41) is 6.89. The van der Waals surface area contributed by atoms with Crippen molar-refractivity contribution < 1.29 is 9.47 Å². The summed E-state index contributed by atoms with van der Waals surface area (Å²) in [6, 6.07) is 8.32. The van der Waals surface area contributed by atoms with Crippen molar-refractivity contribution in [1.82, 2.24) is 10.6 Å². The van der Waals surface area contributed by atoms with Crippen LogP contribution in [-0.4, -0.2) is 58.0 Å². The van der Waals surface area contributed by atoms with Crippen LogP contribution in [0.25, 0.3) is 0 Å². The quantitative estimate of drug-likeness (QED) is 0.341. The molecule has 2 saturated heterocycles. The molecule has 2 atom stereocenters. The van der Waals surface area contributed by atoms with Crippen LogP contribution >= 0.6 is 24.0 Å². The van der Waals surface area contributed by atoms with Crippen molar-refractivity contribution >= 4 is 35.6 Å². The van der Waals surface area contributed by atoms with Gasteiger partial charge in [-0.25, -0.2) is 0 Å². The zero-order valence-electron chi connectivity index (χ0n) is 17.4. The molecule has 2 N–H and O–H groups in total. The van der Waals surface area contributed by atoms with Crippen LogP contribution < -0.4 is 20.3 Å². The Morgan fingerprint density at radius 2 is 2.25 bits per heavy atom. The van der Waals surface area contributed by atoms with Crippen LogP contribution in [0.2, 0.25) is 0 Å². The predicted molar refractivity (Wildman–Crippen MR) is 126 cm³/mol. The highest BCUT2D eigenvalue weighted by molar-refractivity contribution is 14.0. The number of benzene rings is 1. The van der Waals surface area contributed by atoms with E-state index in [0.717, 1.165) is 57.3 Å². The van der Waals surface area contributed by atoms with Crippen LogP contribution in [0.1, 0.15) is 33.1 Å². The average molecular weight is 502 g/mol. The normalized spacial score (nSPS) is 24.8. The van der Waals surface area contributed by atoms with E-state index in [0.29, 0.717) is 12.5 Å². The highest BCUT2D eigenvalue weighted by atomic mass is 127. The van der Waals surface area contributed by atoms with Gasteiger partial charge >= 0.3 is 0 Å². The number of methoxy groups -OCH3 is 1. The molecule has 158 valence electrons. The maximum atomic E-state index is 5.85. The Morgan fingerprint density at radius 1 is 1.39 bits per heavy atom. The minimum Gasteiger partial charge on any atom is -0.497 e.